The Labute approximate surface area is 186 Å². The molecule has 6 nitrogen and oxygen atoms in total. The van der Waals surface area contributed by atoms with Crippen molar-refractivity contribution >= 4 is 17.3 Å². The Kier molecular flexibility index (Phi) is 5.42. The van der Waals surface area contributed by atoms with E-state index in [4.69, 9.17) is 4.74 Å². The highest BCUT2D eigenvalue weighted by Gasteiger charge is 2.30. The first kappa shape index (κ1) is 20.0. The van der Waals surface area contributed by atoms with E-state index in [9.17, 15) is 9.59 Å². The molecule has 6 heteroatoms. The number of Topliss-reactive ketones (excluding diaryl/α,β-unsaturated/α-hetero) is 1. The first-order valence-electron chi connectivity index (χ1n) is 10.8. The Bertz CT molecular complexity index is 1220. The monoisotopic (exact) mass is 425 g/mol. The molecule has 160 valence electrons. The van der Waals surface area contributed by atoms with Gasteiger partial charge in [-0.3, -0.25) is 9.59 Å². The molecule has 0 saturated carbocycles. The molecule has 1 fully saturated rings. The lowest BCUT2D eigenvalue weighted by Crippen LogP contribution is -2.42. The summed E-state index contributed by atoms with van der Waals surface area (Å²) in [7, 11) is 0. The molecule has 0 bridgehead atoms. The first-order valence-corrected chi connectivity index (χ1v) is 10.8. The van der Waals surface area contributed by atoms with Crippen LogP contribution in [0.4, 0.5) is 0 Å². The molecule has 3 heterocycles. The second-order valence-electron chi connectivity index (χ2n) is 7.99. The topological polar surface area (TPSA) is 63.9 Å². The van der Waals surface area contributed by atoms with Crippen LogP contribution in [0.3, 0.4) is 0 Å². The fraction of sp³-hybridized carbons (Fsp3) is 0.192. The van der Waals surface area contributed by atoms with Gasteiger partial charge in [-0.15, -0.1) is 0 Å². The van der Waals surface area contributed by atoms with Gasteiger partial charge in [-0.25, -0.2) is 4.98 Å². The van der Waals surface area contributed by atoms with Crippen LogP contribution in [0.25, 0.3) is 5.65 Å². The second-order valence-corrected chi connectivity index (χ2v) is 7.99. The second kappa shape index (κ2) is 8.67. The lowest BCUT2D eigenvalue weighted by molar-refractivity contribution is 0.0632. The summed E-state index contributed by atoms with van der Waals surface area (Å²) in [6, 6.07) is 22.4. The van der Waals surface area contributed by atoms with E-state index in [0.29, 0.717) is 30.1 Å². The molecule has 1 atom stereocenters. The zero-order valence-corrected chi connectivity index (χ0v) is 17.6. The molecule has 1 amide bonds. The minimum Gasteiger partial charge on any atom is -0.457 e. The van der Waals surface area contributed by atoms with Gasteiger partial charge < -0.3 is 14.0 Å². The number of amides is 1. The Morgan fingerprint density at radius 1 is 0.906 bits per heavy atom. The molecule has 2 aromatic heterocycles. The van der Waals surface area contributed by atoms with Gasteiger partial charge in [0.15, 0.2) is 5.78 Å². The number of hydrogen-bond acceptors (Lipinski definition) is 4. The predicted octanol–water partition coefficient (Wildman–Crippen LogP) is 4.86. The molecule has 5 rings (SSSR count). The van der Waals surface area contributed by atoms with Crippen LogP contribution in [0.15, 0.2) is 85.2 Å². The molecule has 1 unspecified atom stereocenters. The Morgan fingerprint density at radius 2 is 1.66 bits per heavy atom. The van der Waals surface area contributed by atoms with Crippen molar-refractivity contribution < 1.29 is 14.3 Å². The number of ketones is 1. The molecule has 0 spiro atoms. The molecular formula is C26H23N3O3. The van der Waals surface area contributed by atoms with Crippen molar-refractivity contribution in [1.82, 2.24) is 14.3 Å². The number of carbonyl (C=O) groups excluding carboxylic acids is 2. The van der Waals surface area contributed by atoms with Gasteiger partial charge in [0.25, 0.3) is 5.91 Å². The van der Waals surface area contributed by atoms with Crippen molar-refractivity contribution in [2.75, 3.05) is 13.1 Å². The maximum Gasteiger partial charge on any atom is 0.274 e. The molecule has 4 aromatic rings. The van der Waals surface area contributed by atoms with Gasteiger partial charge in [-0.1, -0.05) is 24.3 Å². The molecule has 0 aliphatic carbocycles. The van der Waals surface area contributed by atoms with Crippen LogP contribution in [0, 0.1) is 5.92 Å². The van der Waals surface area contributed by atoms with E-state index >= 15 is 0 Å². The lowest BCUT2D eigenvalue weighted by Gasteiger charge is -2.31. The highest BCUT2D eigenvalue weighted by atomic mass is 16.5. The summed E-state index contributed by atoms with van der Waals surface area (Å²) >= 11 is 0. The largest absolute Gasteiger partial charge is 0.457 e. The van der Waals surface area contributed by atoms with E-state index in [1.807, 2.05) is 71.3 Å². The summed E-state index contributed by atoms with van der Waals surface area (Å²) < 4.78 is 7.64. The summed E-state index contributed by atoms with van der Waals surface area (Å²) in [5.74, 6) is 1.15. The van der Waals surface area contributed by atoms with Gasteiger partial charge in [0.2, 0.25) is 0 Å². The van der Waals surface area contributed by atoms with Crippen LogP contribution in [-0.4, -0.2) is 39.1 Å². The van der Waals surface area contributed by atoms with Crippen molar-refractivity contribution in [3.05, 3.63) is 96.4 Å². The van der Waals surface area contributed by atoms with Gasteiger partial charge >= 0.3 is 0 Å². The van der Waals surface area contributed by atoms with E-state index in [1.165, 1.54) is 0 Å². The Balaban J connectivity index is 1.26. The third-order valence-corrected chi connectivity index (χ3v) is 5.78. The molecular weight excluding hydrogens is 402 g/mol. The van der Waals surface area contributed by atoms with Crippen LogP contribution in [-0.2, 0) is 0 Å². The molecule has 0 radical (unpaired) electrons. The highest BCUT2D eigenvalue weighted by molar-refractivity contribution is 5.99. The molecule has 1 aliphatic rings. The number of pyridine rings is 1. The van der Waals surface area contributed by atoms with E-state index in [-0.39, 0.29) is 17.6 Å². The standard InChI is InChI=1S/C26H23N3O3/c30-25(19-11-13-22(14-12-19)32-21-8-2-1-3-9-21)20-7-6-16-29(17-20)26(31)23-18-28-15-5-4-10-24(28)27-23/h1-5,8-15,18,20H,6-7,16-17H2. The molecule has 1 saturated heterocycles. The zero-order chi connectivity index (χ0) is 21.9. The number of fused-ring (bicyclic) bond motifs is 1. The fourth-order valence-electron chi connectivity index (χ4n) is 4.12. The number of ether oxygens (including phenoxy) is 1. The van der Waals surface area contributed by atoms with E-state index < -0.39 is 0 Å². The van der Waals surface area contributed by atoms with Crippen LogP contribution in [0.5, 0.6) is 11.5 Å². The highest BCUT2D eigenvalue weighted by Crippen LogP contribution is 2.25. The molecule has 0 N–H and O–H groups in total. The first-order chi connectivity index (χ1) is 15.7. The number of imidazole rings is 1. The van der Waals surface area contributed by atoms with Crippen molar-refractivity contribution in [2.24, 2.45) is 5.92 Å². The minimum atomic E-state index is -0.217. The number of benzene rings is 2. The third kappa shape index (κ3) is 4.12. The maximum absolute atomic E-state index is 13.1. The number of nitrogens with zero attached hydrogens (tertiary/aromatic N) is 3. The lowest BCUT2D eigenvalue weighted by atomic mass is 9.90. The summed E-state index contributed by atoms with van der Waals surface area (Å²) in [5.41, 5.74) is 1.78. The van der Waals surface area contributed by atoms with Crippen LogP contribution in [0.2, 0.25) is 0 Å². The normalized spacial score (nSPS) is 16.1. The van der Waals surface area contributed by atoms with Crippen LogP contribution >= 0.6 is 0 Å². The van der Waals surface area contributed by atoms with Crippen molar-refractivity contribution in [2.45, 2.75) is 12.8 Å². The van der Waals surface area contributed by atoms with Gasteiger partial charge in [-0.2, -0.15) is 0 Å². The SMILES string of the molecule is O=C(c1ccc(Oc2ccccc2)cc1)C1CCCN(C(=O)c2cn3ccccc3n2)C1. The number of carbonyl (C=O) groups is 2. The average molecular weight is 425 g/mol. The van der Waals surface area contributed by atoms with E-state index in [2.05, 4.69) is 4.98 Å². The number of para-hydroxylation sites is 1. The van der Waals surface area contributed by atoms with Crippen LogP contribution in [0.1, 0.15) is 33.7 Å². The number of aromatic nitrogens is 2. The summed E-state index contributed by atoms with van der Waals surface area (Å²) in [6.45, 7) is 1.05. The fourth-order valence-corrected chi connectivity index (χ4v) is 4.12. The number of piperidine rings is 1. The average Bonchev–Trinajstić information content (AvgIpc) is 3.29. The summed E-state index contributed by atoms with van der Waals surface area (Å²) in [4.78, 5) is 32.3. The number of likely N-dealkylation sites (tertiary alicyclic amines) is 1. The zero-order valence-electron chi connectivity index (χ0n) is 17.6. The van der Waals surface area contributed by atoms with Crippen molar-refractivity contribution in [1.29, 1.82) is 0 Å². The van der Waals surface area contributed by atoms with Gasteiger partial charge in [0.05, 0.1) is 0 Å². The Hall–Kier alpha value is -3.93. The van der Waals surface area contributed by atoms with Crippen molar-refractivity contribution in [3.8, 4) is 11.5 Å². The predicted molar refractivity (Wildman–Crippen MR) is 121 cm³/mol. The minimum absolute atomic E-state index is 0.0590. The van der Waals surface area contributed by atoms with Crippen LogP contribution < -0.4 is 4.74 Å². The number of rotatable bonds is 5. The summed E-state index contributed by atoms with van der Waals surface area (Å²) in [5, 5.41) is 0. The molecule has 1 aliphatic heterocycles. The Morgan fingerprint density at radius 3 is 2.44 bits per heavy atom. The van der Waals surface area contributed by atoms with Gasteiger partial charge in [0, 0.05) is 37.0 Å². The van der Waals surface area contributed by atoms with Gasteiger partial charge in [-0.05, 0) is 61.4 Å². The van der Waals surface area contributed by atoms with Crippen molar-refractivity contribution in [3.63, 3.8) is 0 Å². The third-order valence-electron chi connectivity index (χ3n) is 5.78. The maximum atomic E-state index is 13.1. The van der Waals surface area contributed by atoms with E-state index in [1.54, 1.807) is 23.2 Å². The van der Waals surface area contributed by atoms with Gasteiger partial charge in [0.1, 0.15) is 22.8 Å². The molecule has 2 aromatic carbocycles. The van der Waals surface area contributed by atoms with E-state index in [0.717, 1.165) is 24.2 Å². The number of hydrogen-bond donors (Lipinski definition) is 0. The quantitative estimate of drug-likeness (QED) is 0.428. The molecule has 32 heavy (non-hydrogen) atoms. The summed E-state index contributed by atoms with van der Waals surface area (Å²) in [6.07, 6.45) is 5.18. The smallest absolute Gasteiger partial charge is 0.274 e.